The summed E-state index contributed by atoms with van der Waals surface area (Å²) in [7, 11) is -3.54. The zero-order valence-corrected chi connectivity index (χ0v) is 21.1. The van der Waals surface area contributed by atoms with Crippen LogP contribution in [0.5, 0.6) is 0 Å². The number of aromatic nitrogens is 2. The van der Waals surface area contributed by atoms with Gasteiger partial charge in [0.15, 0.2) is 15.7 Å². The fourth-order valence-electron chi connectivity index (χ4n) is 3.29. The fourth-order valence-corrected chi connectivity index (χ4v) is 4.63. The van der Waals surface area contributed by atoms with Gasteiger partial charge in [-0.1, -0.05) is 29.8 Å². The second-order valence-corrected chi connectivity index (χ2v) is 11.0. The Labute approximate surface area is 213 Å². The molecule has 0 aliphatic carbocycles. The molecule has 0 atom stereocenters. The Bertz CT molecular complexity index is 1470. The highest BCUT2D eigenvalue weighted by Gasteiger charge is 2.23. The van der Waals surface area contributed by atoms with Crippen LogP contribution in [0, 0.1) is 0 Å². The molecule has 0 unspecified atom stereocenters. The number of carbonyl (C=O) groups excluding carboxylic acids is 1. The molecule has 0 saturated carbocycles. The standard InChI is InChI=1S/C25H24ClN5O4S/c1-16(2)36(33,34)22-11-4-3-10-21(22)30-24-20(26)15-27-25(31-24)29-18-8-5-7-17(13-18)28-23(32)14-19-9-6-12-35-19/h3-13,15-16H,14H2,1-2H3,(H,28,32)(H2,27,29,30,31). The number of amides is 1. The molecule has 0 bridgehead atoms. The summed E-state index contributed by atoms with van der Waals surface area (Å²) in [6.45, 7) is 3.25. The molecule has 2 aromatic heterocycles. The predicted octanol–water partition coefficient (Wildman–Crippen LogP) is 5.57. The molecular formula is C25H24ClN5O4S. The number of halogens is 1. The second-order valence-electron chi connectivity index (χ2n) is 8.12. The number of hydrogen-bond acceptors (Lipinski definition) is 8. The highest BCUT2D eigenvalue weighted by atomic mass is 35.5. The van der Waals surface area contributed by atoms with Crippen LogP contribution in [0.4, 0.5) is 28.8 Å². The normalized spacial score (nSPS) is 11.3. The molecule has 0 aliphatic heterocycles. The maximum Gasteiger partial charge on any atom is 0.231 e. The summed E-state index contributed by atoms with van der Waals surface area (Å²) in [6.07, 6.45) is 3.05. The van der Waals surface area contributed by atoms with Gasteiger partial charge in [0.05, 0.1) is 34.7 Å². The molecule has 11 heteroatoms. The first-order valence-corrected chi connectivity index (χ1v) is 13.0. The number of nitrogens with zero attached hydrogens (tertiary/aromatic N) is 2. The molecule has 0 radical (unpaired) electrons. The minimum Gasteiger partial charge on any atom is -0.469 e. The number of sulfone groups is 1. The van der Waals surface area contributed by atoms with E-state index in [0.29, 0.717) is 22.8 Å². The van der Waals surface area contributed by atoms with E-state index in [4.69, 9.17) is 16.0 Å². The minimum atomic E-state index is -3.54. The molecule has 186 valence electrons. The highest BCUT2D eigenvalue weighted by Crippen LogP contribution is 2.30. The summed E-state index contributed by atoms with van der Waals surface area (Å²) >= 11 is 6.30. The van der Waals surface area contributed by atoms with Crippen molar-refractivity contribution in [1.82, 2.24) is 9.97 Å². The fraction of sp³-hybridized carbons (Fsp3) is 0.160. The Morgan fingerprint density at radius 3 is 2.56 bits per heavy atom. The zero-order chi connectivity index (χ0) is 25.7. The smallest absolute Gasteiger partial charge is 0.231 e. The molecule has 2 aromatic carbocycles. The third-order valence-electron chi connectivity index (χ3n) is 5.13. The van der Waals surface area contributed by atoms with E-state index in [0.717, 1.165) is 0 Å². The van der Waals surface area contributed by atoms with Crippen LogP contribution < -0.4 is 16.0 Å². The van der Waals surface area contributed by atoms with E-state index in [1.807, 2.05) is 0 Å². The number of carbonyl (C=O) groups is 1. The average Bonchev–Trinajstić information content (AvgIpc) is 3.34. The van der Waals surface area contributed by atoms with Gasteiger partial charge in [0.2, 0.25) is 11.9 Å². The summed E-state index contributed by atoms with van der Waals surface area (Å²) in [5, 5.41) is 8.53. The highest BCUT2D eigenvalue weighted by molar-refractivity contribution is 7.92. The molecule has 1 amide bonds. The quantitative estimate of drug-likeness (QED) is 0.259. The number of anilines is 5. The van der Waals surface area contributed by atoms with Crippen molar-refractivity contribution in [1.29, 1.82) is 0 Å². The number of furan rings is 1. The lowest BCUT2D eigenvalue weighted by Gasteiger charge is -2.15. The summed E-state index contributed by atoms with van der Waals surface area (Å²) in [4.78, 5) is 21.0. The predicted molar refractivity (Wildman–Crippen MR) is 140 cm³/mol. The van der Waals surface area contributed by atoms with Crippen LogP contribution in [-0.2, 0) is 21.1 Å². The van der Waals surface area contributed by atoms with Gasteiger partial charge >= 0.3 is 0 Å². The number of rotatable bonds is 9. The molecule has 2 heterocycles. The number of nitrogens with one attached hydrogen (secondary N) is 3. The lowest BCUT2D eigenvalue weighted by atomic mass is 10.2. The van der Waals surface area contributed by atoms with Gasteiger partial charge in [0.25, 0.3) is 0 Å². The van der Waals surface area contributed by atoms with Crippen molar-refractivity contribution in [2.45, 2.75) is 30.4 Å². The van der Waals surface area contributed by atoms with E-state index < -0.39 is 15.1 Å². The first kappa shape index (κ1) is 25.2. The molecule has 36 heavy (non-hydrogen) atoms. The lowest BCUT2D eigenvalue weighted by molar-refractivity contribution is -0.115. The number of hydrogen-bond donors (Lipinski definition) is 3. The molecule has 4 rings (SSSR count). The maximum absolute atomic E-state index is 12.8. The molecular weight excluding hydrogens is 502 g/mol. The minimum absolute atomic E-state index is 0.119. The van der Waals surface area contributed by atoms with Crippen LogP contribution in [0.25, 0.3) is 0 Å². The van der Waals surface area contributed by atoms with Gasteiger partial charge in [-0.2, -0.15) is 4.98 Å². The van der Waals surface area contributed by atoms with Crippen LogP contribution >= 0.6 is 11.6 Å². The number of benzene rings is 2. The molecule has 4 aromatic rings. The van der Waals surface area contributed by atoms with Gasteiger partial charge in [0.1, 0.15) is 10.8 Å². The largest absolute Gasteiger partial charge is 0.469 e. The van der Waals surface area contributed by atoms with Crippen molar-refractivity contribution in [2.24, 2.45) is 0 Å². The van der Waals surface area contributed by atoms with Crippen LogP contribution in [0.15, 0.2) is 82.4 Å². The van der Waals surface area contributed by atoms with Crippen LogP contribution in [0.2, 0.25) is 5.02 Å². The van der Waals surface area contributed by atoms with Crippen molar-refractivity contribution in [3.63, 3.8) is 0 Å². The van der Waals surface area contributed by atoms with E-state index in [-0.39, 0.29) is 34.0 Å². The summed E-state index contributed by atoms with van der Waals surface area (Å²) < 4.78 is 30.8. The van der Waals surface area contributed by atoms with Gasteiger partial charge in [-0.15, -0.1) is 0 Å². The second kappa shape index (κ2) is 10.8. The van der Waals surface area contributed by atoms with Crippen molar-refractivity contribution in [3.8, 4) is 0 Å². The Morgan fingerprint density at radius 1 is 1.03 bits per heavy atom. The Kier molecular flexibility index (Phi) is 7.56. The first-order chi connectivity index (χ1) is 17.2. The van der Waals surface area contributed by atoms with E-state index in [9.17, 15) is 13.2 Å². The van der Waals surface area contributed by atoms with Crippen LogP contribution in [0.3, 0.4) is 0 Å². The third kappa shape index (κ3) is 6.02. The summed E-state index contributed by atoms with van der Waals surface area (Å²) in [5.74, 6) is 0.819. The van der Waals surface area contributed by atoms with Crippen LogP contribution in [0.1, 0.15) is 19.6 Å². The zero-order valence-electron chi connectivity index (χ0n) is 19.5. The van der Waals surface area contributed by atoms with E-state index in [2.05, 4.69) is 25.9 Å². The summed E-state index contributed by atoms with van der Waals surface area (Å²) in [5.41, 5.74) is 1.57. The van der Waals surface area contributed by atoms with Gasteiger partial charge in [-0.05, 0) is 56.3 Å². The Hall–Kier alpha value is -3.89. The van der Waals surface area contributed by atoms with Gasteiger partial charge in [-0.3, -0.25) is 4.79 Å². The summed E-state index contributed by atoms with van der Waals surface area (Å²) in [6, 6.07) is 17.1. The molecule has 0 saturated heterocycles. The molecule has 0 fully saturated rings. The van der Waals surface area contributed by atoms with Crippen molar-refractivity contribution in [2.75, 3.05) is 16.0 Å². The van der Waals surface area contributed by atoms with E-state index in [1.54, 1.807) is 68.4 Å². The van der Waals surface area contributed by atoms with Crippen molar-refractivity contribution >= 4 is 56.2 Å². The van der Waals surface area contributed by atoms with Crippen molar-refractivity contribution < 1.29 is 17.6 Å². The van der Waals surface area contributed by atoms with Crippen LogP contribution in [-0.4, -0.2) is 29.5 Å². The average molecular weight is 526 g/mol. The third-order valence-corrected chi connectivity index (χ3v) is 7.62. The first-order valence-electron chi connectivity index (χ1n) is 11.0. The topological polar surface area (TPSA) is 126 Å². The molecule has 0 spiro atoms. The molecule has 9 nitrogen and oxygen atoms in total. The molecule has 3 N–H and O–H groups in total. The SMILES string of the molecule is CC(C)S(=O)(=O)c1ccccc1Nc1nc(Nc2cccc(NC(=O)Cc3ccco3)c2)ncc1Cl. The van der Waals surface area contributed by atoms with E-state index >= 15 is 0 Å². The number of para-hydroxylation sites is 1. The van der Waals surface area contributed by atoms with Crippen molar-refractivity contribution in [3.05, 3.63) is 83.9 Å². The van der Waals surface area contributed by atoms with Gasteiger partial charge in [-0.25, -0.2) is 13.4 Å². The van der Waals surface area contributed by atoms with Gasteiger partial charge < -0.3 is 20.4 Å². The monoisotopic (exact) mass is 525 g/mol. The Morgan fingerprint density at radius 2 is 1.81 bits per heavy atom. The van der Waals surface area contributed by atoms with Gasteiger partial charge in [0, 0.05) is 11.4 Å². The lowest BCUT2D eigenvalue weighted by Crippen LogP contribution is -2.15. The van der Waals surface area contributed by atoms with E-state index in [1.165, 1.54) is 18.5 Å². The maximum atomic E-state index is 12.8. The Balaban J connectivity index is 1.51. The molecule has 0 aliphatic rings.